The van der Waals surface area contributed by atoms with E-state index in [1.165, 1.54) is 25.7 Å². The Morgan fingerprint density at radius 1 is 1.14 bits per heavy atom. The fourth-order valence-electron chi connectivity index (χ4n) is 4.22. The Balaban J connectivity index is 1.70. The lowest BCUT2D eigenvalue weighted by molar-refractivity contribution is 0.242. The number of rotatable bonds is 4. The minimum atomic E-state index is -0.0311. The summed E-state index contributed by atoms with van der Waals surface area (Å²) in [6, 6.07) is 8.47. The molecule has 0 spiro atoms. The van der Waals surface area contributed by atoms with Crippen LogP contribution in [0.25, 0.3) is 0 Å². The van der Waals surface area contributed by atoms with Crippen LogP contribution in [0.1, 0.15) is 81.7 Å². The maximum absolute atomic E-state index is 12.9. The summed E-state index contributed by atoms with van der Waals surface area (Å²) in [5.41, 5.74) is 1.90. The SMILES string of the molecule is CC1=Nc2c(c(=O)[nH]n2C2CCCCCC2)C(c2ccc(OC(C)C)cc2)S1. The van der Waals surface area contributed by atoms with Crippen LogP contribution >= 0.6 is 11.8 Å². The predicted octanol–water partition coefficient (Wildman–Crippen LogP) is 5.75. The first-order valence-corrected chi connectivity index (χ1v) is 11.2. The number of H-pyrrole nitrogens is 1. The van der Waals surface area contributed by atoms with E-state index in [1.807, 2.05) is 32.9 Å². The molecule has 0 amide bonds. The molecule has 150 valence electrons. The van der Waals surface area contributed by atoms with Crippen molar-refractivity contribution < 1.29 is 4.74 Å². The maximum atomic E-state index is 12.9. The van der Waals surface area contributed by atoms with Crippen molar-refractivity contribution in [2.75, 3.05) is 0 Å². The summed E-state index contributed by atoms with van der Waals surface area (Å²) in [4.78, 5) is 17.7. The molecule has 1 N–H and O–H groups in total. The molecule has 1 aliphatic carbocycles. The van der Waals surface area contributed by atoms with E-state index in [0.717, 1.165) is 40.6 Å². The number of nitrogens with zero attached hydrogens (tertiary/aromatic N) is 2. The van der Waals surface area contributed by atoms with E-state index in [4.69, 9.17) is 9.73 Å². The van der Waals surface area contributed by atoms with Crippen molar-refractivity contribution in [3.8, 4) is 5.75 Å². The lowest BCUT2D eigenvalue weighted by Crippen LogP contribution is -2.14. The molecule has 1 aromatic carbocycles. The third-order valence-electron chi connectivity index (χ3n) is 5.49. The van der Waals surface area contributed by atoms with E-state index >= 15 is 0 Å². The van der Waals surface area contributed by atoms with Crippen LogP contribution in [-0.2, 0) is 0 Å². The topological polar surface area (TPSA) is 59.4 Å². The number of fused-ring (bicyclic) bond motifs is 1. The summed E-state index contributed by atoms with van der Waals surface area (Å²) in [5, 5.41) is 4.10. The van der Waals surface area contributed by atoms with Crippen LogP contribution in [0.5, 0.6) is 5.75 Å². The Hall–Kier alpha value is -1.95. The highest BCUT2D eigenvalue weighted by molar-refractivity contribution is 8.14. The second-order valence-electron chi connectivity index (χ2n) is 8.06. The Morgan fingerprint density at radius 2 is 1.82 bits per heavy atom. The van der Waals surface area contributed by atoms with E-state index in [0.29, 0.717) is 6.04 Å². The van der Waals surface area contributed by atoms with Crippen molar-refractivity contribution in [3.05, 3.63) is 45.7 Å². The number of nitrogens with one attached hydrogen (secondary N) is 1. The molecule has 5 nitrogen and oxygen atoms in total. The molecule has 1 aliphatic heterocycles. The lowest BCUT2D eigenvalue weighted by atomic mass is 10.1. The van der Waals surface area contributed by atoms with Gasteiger partial charge in [0.2, 0.25) is 0 Å². The number of ether oxygens (including phenoxy) is 1. The molecule has 1 atom stereocenters. The first-order valence-electron chi connectivity index (χ1n) is 10.4. The van der Waals surface area contributed by atoms with Crippen molar-refractivity contribution >= 4 is 22.6 Å². The molecule has 2 aliphatic rings. The van der Waals surface area contributed by atoms with Crippen molar-refractivity contribution in [2.24, 2.45) is 4.99 Å². The number of hydrogen-bond acceptors (Lipinski definition) is 4. The molecule has 1 unspecified atom stereocenters. The van der Waals surface area contributed by atoms with Gasteiger partial charge in [0.05, 0.1) is 28.0 Å². The van der Waals surface area contributed by atoms with Crippen LogP contribution in [0, 0.1) is 0 Å². The van der Waals surface area contributed by atoms with Crippen molar-refractivity contribution in [3.63, 3.8) is 0 Å². The average molecular weight is 400 g/mol. The molecule has 0 radical (unpaired) electrons. The molecule has 28 heavy (non-hydrogen) atoms. The monoisotopic (exact) mass is 399 g/mol. The zero-order valence-electron chi connectivity index (χ0n) is 16.9. The summed E-state index contributed by atoms with van der Waals surface area (Å²) in [6.07, 6.45) is 7.39. The number of thioether (sulfide) groups is 1. The van der Waals surface area contributed by atoms with Gasteiger partial charge in [-0.1, -0.05) is 49.6 Å². The van der Waals surface area contributed by atoms with Gasteiger partial charge in [0.15, 0.2) is 5.82 Å². The maximum Gasteiger partial charge on any atom is 0.271 e. The summed E-state index contributed by atoms with van der Waals surface area (Å²) in [7, 11) is 0. The van der Waals surface area contributed by atoms with E-state index < -0.39 is 0 Å². The fourth-order valence-corrected chi connectivity index (χ4v) is 5.32. The number of aliphatic imine (C=N–C) groups is 1. The third kappa shape index (κ3) is 3.93. The van der Waals surface area contributed by atoms with Crippen molar-refractivity contribution in [2.45, 2.75) is 76.7 Å². The Bertz CT molecular complexity index is 903. The highest BCUT2D eigenvalue weighted by Gasteiger charge is 2.32. The number of benzene rings is 1. The quantitative estimate of drug-likeness (QED) is 0.666. The van der Waals surface area contributed by atoms with Gasteiger partial charge in [0, 0.05) is 0 Å². The van der Waals surface area contributed by atoms with Crippen molar-refractivity contribution in [1.29, 1.82) is 0 Å². The number of aromatic nitrogens is 2. The molecule has 4 rings (SSSR count). The molecular formula is C22H29N3O2S. The van der Waals surface area contributed by atoms with Gasteiger partial charge >= 0.3 is 0 Å². The first kappa shape index (κ1) is 19.4. The zero-order valence-corrected chi connectivity index (χ0v) is 17.7. The van der Waals surface area contributed by atoms with Gasteiger partial charge in [-0.25, -0.2) is 4.99 Å². The van der Waals surface area contributed by atoms with Crippen LogP contribution in [-0.4, -0.2) is 20.9 Å². The number of aromatic amines is 1. The molecule has 6 heteroatoms. The highest BCUT2D eigenvalue weighted by Crippen LogP contribution is 2.45. The van der Waals surface area contributed by atoms with Gasteiger partial charge in [0.1, 0.15) is 5.75 Å². The van der Waals surface area contributed by atoms with Crippen LogP contribution in [0.2, 0.25) is 0 Å². The van der Waals surface area contributed by atoms with E-state index in [-0.39, 0.29) is 16.9 Å². The highest BCUT2D eigenvalue weighted by atomic mass is 32.2. The molecule has 1 saturated carbocycles. The molecule has 1 fully saturated rings. The second-order valence-corrected chi connectivity index (χ2v) is 9.36. The summed E-state index contributed by atoms with van der Waals surface area (Å²) in [6.45, 7) is 6.07. The largest absolute Gasteiger partial charge is 0.491 e. The first-order chi connectivity index (χ1) is 13.5. The third-order valence-corrected chi connectivity index (χ3v) is 6.67. The van der Waals surface area contributed by atoms with Gasteiger partial charge in [-0.2, -0.15) is 0 Å². The lowest BCUT2D eigenvalue weighted by Gasteiger charge is -2.23. The molecule has 0 bridgehead atoms. The molecular weight excluding hydrogens is 370 g/mol. The molecule has 0 saturated heterocycles. The van der Waals surface area contributed by atoms with Crippen LogP contribution in [0.3, 0.4) is 0 Å². The van der Waals surface area contributed by atoms with Crippen molar-refractivity contribution in [1.82, 2.24) is 9.78 Å². The fraction of sp³-hybridized carbons (Fsp3) is 0.545. The molecule has 2 aromatic rings. The number of hydrogen-bond donors (Lipinski definition) is 1. The molecule has 1 aromatic heterocycles. The second kappa shape index (κ2) is 8.19. The summed E-state index contributed by atoms with van der Waals surface area (Å²) in [5.74, 6) is 1.69. The van der Waals surface area contributed by atoms with Gasteiger partial charge in [-0.3, -0.25) is 14.6 Å². The van der Waals surface area contributed by atoms with E-state index in [2.05, 4.69) is 21.9 Å². The van der Waals surface area contributed by atoms with Gasteiger partial charge in [-0.15, -0.1) is 0 Å². The minimum absolute atomic E-state index is 0.00416. The smallest absolute Gasteiger partial charge is 0.271 e. The Labute approximate surface area is 170 Å². The van der Waals surface area contributed by atoms with Crippen LogP contribution in [0.15, 0.2) is 34.1 Å². The van der Waals surface area contributed by atoms with E-state index in [9.17, 15) is 4.79 Å². The van der Waals surface area contributed by atoms with Gasteiger partial charge < -0.3 is 4.74 Å². The van der Waals surface area contributed by atoms with E-state index in [1.54, 1.807) is 11.8 Å². The average Bonchev–Trinajstić information content (AvgIpc) is 2.84. The van der Waals surface area contributed by atoms with Gasteiger partial charge in [0.25, 0.3) is 5.56 Å². The Morgan fingerprint density at radius 3 is 2.46 bits per heavy atom. The Kier molecular flexibility index (Phi) is 5.67. The standard InChI is InChI=1S/C22H29N3O2S/c1-14(2)27-18-12-10-16(11-13-18)20-19-21(23-15(3)28-20)25(24-22(19)26)17-8-6-4-5-7-9-17/h10-14,17,20H,4-9H2,1-3H3,(H,24,26). The van der Waals surface area contributed by atoms with Crippen LogP contribution in [0.4, 0.5) is 5.82 Å². The normalized spacial score (nSPS) is 20.6. The zero-order chi connectivity index (χ0) is 19.7. The summed E-state index contributed by atoms with van der Waals surface area (Å²) >= 11 is 1.66. The predicted molar refractivity (Wildman–Crippen MR) is 116 cm³/mol. The molecule has 2 heterocycles. The minimum Gasteiger partial charge on any atom is -0.491 e. The van der Waals surface area contributed by atoms with Crippen LogP contribution < -0.4 is 10.3 Å². The summed E-state index contributed by atoms with van der Waals surface area (Å²) < 4.78 is 7.83. The van der Waals surface area contributed by atoms with Gasteiger partial charge in [-0.05, 0) is 51.3 Å².